The van der Waals surface area contributed by atoms with Crippen molar-refractivity contribution >= 4 is 39.9 Å². The summed E-state index contributed by atoms with van der Waals surface area (Å²) in [5.41, 5.74) is -0.0165. The van der Waals surface area contributed by atoms with Gasteiger partial charge in [0.1, 0.15) is 5.56 Å². The molecule has 1 aromatic carbocycles. The number of nitro groups is 1. The highest BCUT2D eigenvalue weighted by Crippen LogP contribution is 2.34. The Hall–Kier alpha value is -1.22. The van der Waals surface area contributed by atoms with E-state index >= 15 is 0 Å². The molecule has 8 heteroatoms. The van der Waals surface area contributed by atoms with Crippen molar-refractivity contribution in [3.8, 4) is 11.5 Å². The van der Waals surface area contributed by atoms with Gasteiger partial charge in [-0.25, -0.2) is 0 Å². The molecule has 82 valence electrons. The molecule has 0 atom stereocenters. The summed E-state index contributed by atoms with van der Waals surface area (Å²) in [4.78, 5) is 14.2. The molecule has 16 heavy (non-hydrogen) atoms. The zero-order valence-corrected chi connectivity index (χ0v) is 10.5. The van der Waals surface area contributed by atoms with Gasteiger partial charge in [0.25, 0.3) is 11.6 Å². The van der Waals surface area contributed by atoms with Crippen molar-refractivity contribution in [2.75, 3.05) is 0 Å². The number of benzene rings is 1. The molecule has 0 N–H and O–H groups in total. The lowest BCUT2D eigenvalue weighted by molar-refractivity contribution is -0.384. The third kappa shape index (κ3) is 2.00. The second kappa shape index (κ2) is 4.34. The van der Waals surface area contributed by atoms with Gasteiger partial charge in [-0.15, -0.1) is 0 Å². The average molecular weight is 351 g/mol. The predicted molar refractivity (Wildman–Crippen MR) is 64.1 cm³/mol. The van der Waals surface area contributed by atoms with E-state index in [0.717, 1.165) is 0 Å². The van der Waals surface area contributed by atoms with Crippen LogP contribution in [0.3, 0.4) is 0 Å². The Bertz CT molecular complexity index is 557. The Morgan fingerprint density at radius 2 is 2.25 bits per heavy atom. The highest BCUT2D eigenvalue weighted by molar-refractivity contribution is 14.1. The maximum atomic E-state index is 10.8. The largest absolute Gasteiger partial charge is 0.333 e. The van der Waals surface area contributed by atoms with Crippen molar-refractivity contribution in [1.82, 2.24) is 10.1 Å². The smallest absolute Gasteiger partial charge is 0.283 e. The van der Waals surface area contributed by atoms with Crippen LogP contribution in [-0.4, -0.2) is 15.1 Å². The molecule has 0 amide bonds. The quantitative estimate of drug-likeness (QED) is 0.472. The van der Waals surface area contributed by atoms with Crippen LogP contribution in [-0.2, 0) is 0 Å². The van der Waals surface area contributed by atoms with E-state index in [1.165, 1.54) is 18.2 Å². The van der Waals surface area contributed by atoms with E-state index in [4.69, 9.17) is 16.1 Å². The summed E-state index contributed by atoms with van der Waals surface area (Å²) in [6, 6.07) is 4.35. The van der Waals surface area contributed by atoms with Crippen LogP contribution in [0.1, 0.15) is 0 Å². The van der Waals surface area contributed by atoms with Gasteiger partial charge >= 0.3 is 0 Å². The molecule has 0 bridgehead atoms. The lowest BCUT2D eigenvalue weighted by Gasteiger charge is -1.99. The molecule has 1 aromatic heterocycles. The first-order valence-electron chi connectivity index (χ1n) is 4.02. The van der Waals surface area contributed by atoms with Crippen LogP contribution in [0.2, 0.25) is 5.02 Å². The Kier molecular flexibility index (Phi) is 3.06. The third-order valence-electron chi connectivity index (χ3n) is 1.80. The molecule has 2 aromatic rings. The van der Waals surface area contributed by atoms with Crippen LogP contribution < -0.4 is 0 Å². The molecule has 2 rings (SSSR count). The normalized spacial score (nSPS) is 10.4. The summed E-state index contributed by atoms with van der Waals surface area (Å²) in [5, 5.41) is 14.6. The molecule has 0 aliphatic rings. The lowest BCUT2D eigenvalue weighted by Crippen LogP contribution is -1.92. The fourth-order valence-corrected chi connectivity index (χ4v) is 1.75. The predicted octanol–water partition coefficient (Wildman–Crippen LogP) is 2.90. The van der Waals surface area contributed by atoms with Crippen molar-refractivity contribution in [1.29, 1.82) is 0 Å². The number of nitro benzene ring substituents is 1. The van der Waals surface area contributed by atoms with Crippen molar-refractivity contribution in [3.63, 3.8) is 0 Å². The van der Waals surface area contributed by atoms with Gasteiger partial charge < -0.3 is 4.52 Å². The summed E-state index contributed by atoms with van der Waals surface area (Å²) >= 11 is 7.72. The van der Waals surface area contributed by atoms with Gasteiger partial charge in [0.2, 0.25) is 3.83 Å². The Morgan fingerprint density at radius 3 is 2.81 bits per heavy atom. The monoisotopic (exact) mass is 351 g/mol. The highest BCUT2D eigenvalue weighted by atomic mass is 127. The van der Waals surface area contributed by atoms with Crippen LogP contribution in [0.4, 0.5) is 5.69 Å². The molecule has 0 radical (unpaired) electrons. The van der Waals surface area contributed by atoms with Crippen LogP contribution in [0.15, 0.2) is 22.7 Å². The maximum Gasteiger partial charge on any atom is 0.283 e. The number of hydrogen-bond acceptors (Lipinski definition) is 5. The van der Waals surface area contributed by atoms with E-state index in [0.29, 0.717) is 3.83 Å². The standard InChI is InChI=1S/C8H3ClIN3O3/c9-4-2-1-3-5(13(14)15)6(4)7-11-8(10)12-16-7/h1-3H. The van der Waals surface area contributed by atoms with Crippen LogP contribution in [0, 0.1) is 13.9 Å². The Morgan fingerprint density at radius 1 is 1.50 bits per heavy atom. The van der Waals surface area contributed by atoms with Crippen LogP contribution in [0.25, 0.3) is 11.5 Å². The molecule has 0 spiro atoms. The molecule has 0 saturated carbocycles. The summed E-state index contributed by atoms with van der Waals surface area (Å²) in [7, 11) is 0. The van der Waals surface area contributed by atoms with Gasteiger partial charge in [0, 0.05) is 28.7 Å². The number of hydrogen-bond donors (Lipinski definition) is 0. The molecular weight excluding hydrogens is 348 g/mol. The van der Waals surface area contributed by atoms with E-state index in [1.807, 2.05) is 22.6 Å². The summed E-state index contributed by atoms with van der Waals surface area (Å²) in [6.45, 7) is 0. The molecular formula is C8H3ClIN3O3. The van der Waals surface area contributed by atoms with Crippen molar-refractivity contribution in [2.24, 2.45) is 0 Å². The minimum atomic E-state index is -0.543. The fraction of sp³-hybridized carbons (Fsp3) is 0. The van der Waals surface area contributed by atoms with Crippen molar-refractivity contribution in [3.05, 3.63) is 37.2 Å². The summed E-state index contributed by atoms with van der Waals surface area (Å²) < 4.78 is 5.23. The molecule has 0 saturated heterocycles. The zero-order valence-electron chi connectivity index (χ0n) is 7.55. The fourth-order valence-electron chi connectivity index (χ4n) is 1.18. The first-order valence-corrected chi connectivity index (χ1v) is 5.47. The zero-order chi connectivity index (χ0) is 11.7. The van der Waals surface area contributed by atoms with E-state index < -0.39 is 4.92 Å². The van der Waals surface area contributed by atoms with E-state index in [-0.39, 0.29) is 22.2 Å². The second-order valence-electron chi connectivity index (χ2n) is 2.76. The summed E-state index contributed by atoms with van der Waals surface area (Å²) in [5.74, 6) is 0.0432. The molecule has 0 aliphatic carbocycles. The van der Waals surface area contributed by atoms with Crippen molar-refractivity contribution < 1.29 is 9.45 Å². The van der Waals surface area contributed by atoms with E-state index in [1.54, 1.807) is 0 Å². The van der Waals surface area contributed by atoms with Gasteiger partial charge in [-0.2, -0.15) is 4.98 Å². The lowest BCUT2D eigenvalue weighted by atomic mass is 10.2. The second-order valence-corrected chi connectivity index (χ2v) is 4.13. The number of aromatic nitrogens is 2. The van der Waals surface area contributed by atoms with Gasteiger partial charge in [-0.1, -0.05) is 22.8 Å². The van der Waals surface area contributed by atoms with Gasteiger partial charge in [-0.3, -0.25) is 10.1 Å². The van der Waals surface area contributed by atoms with Crippen molar-refractivity contribution in [2.45, 2.75) is 0 Å². The average Bonchev–Trinajstić information content (AvgIpc) is 2.64. The van der Waals surface area contributed by atoms with Gasteiger partial charge in [-0.05, 0) is 6.07 Å². The number of halogens is 2. The minimum absolute atomic E-state index is 0.0432. The van der Waals surface area contributed by atoms with Gasteiger partial charge in [0.05, 0.1) is 9.95 Å². The maximum absolute atomic E-state index is 10.8. The van der Waals surface area contributed by atoms with E-state index in [9.17, 15) is 10.1 Å². The van der Waals surface area contributed by atoms with Crippen LogP contribution >= 0.6 is 34.2 Å². The first kappa shape index (κ1) is 11.3. The van der Waals surface area contributed by atoms with Crippen LogP contribution in [0.5, 0.6) is 0 Å². The topological polar surface area (TPSA) is 82.1 Å². The summed E-state index contributed by atoms with van der Waals surface area (Å²) in [6.07, 6.45) is 0. The third-order valence-corrected chi connectivity index (χ3v) is 2.56. The molecule has 0 unspecified atom stereocenters. The first-order chi connectivity index (χ1) is 7.59. The minimum Gasteiger partial charge on any atom is -0.333 e. The Balaban J connectivity index is 2.67. The highest BCUT2D eigenvalue weighted by Gasteiger charge is 2.23. The molecule has 1 heterocycles. The van der Waals surface area contributed by atoms with E-state index in [2.05, 4.69) is 10.1 Å². The number of nitrogens with zero attached hydrogens (tertiary/aromatic N) is 3. The molecule has 6 nitrogen and oxygen atoms in total. The Labute approximate surface area is 108 Å². The van der Waals surface area contributed by atoms with Gasteiger partial charge in [0.15, 0.2) is 0 Å². The molecule has 0 aliphatic heterocycles. The molecule has 0 fully saturated rings. The SMILES string of the molecule is O=[N+]([O-])c1cccc(Cl)c1-c1nc(I)no1. The number of rotatable bonds is 2.